The fourth-order valence-corrected chi connectivity index (χ4v) is 3.63. The molecule has 1 unspecified atom stereocenters. The van der Waals surface area contributed by atoms with Crippen LogP contribution in [-0.2, 0) is 0 Å². The van der Waals surface area contributed by atoms with Crippen molar-refractivity contribution in [3.63, 3.8) is 0 Å². The summed E-state index contributed by atoms with van der Waals surface area (Å²) in [6.45, 7) is 4.60. The number of hydrogen-bond donors (Lipinski definition) is 2. The molecule has 0 bridgehead atoms. The second-order valence-electron chi connectivity index (χ2n) is 4.76. The van der Waals surface area contributed by atoms with Crippen molar-refractivity contribution in [2.75, 3.05) is 17.7 Å². The molecule has 0 spiro atoms. The molecular weight excluding hydrogens is 286 g/mol. The van der Waals surface area contributed by atoms with Crippen LogP contribution < -0.4 is 5.32 Å². The van der Waals surface area contributed by atoms with E-state index in [1.807, 2.05) is 11.3 Å². The second-order valence-corrected chi connectivity index (χ2v) is 7.25. The lowest BCUT2D eigenvalue weighted by Gasteiger charge is -2.14. The predicted molar refractivity (Wildman–Crippen MR) is 90.0 cm³/mol. The lowest BCUT2D eigenvalue weighted by atomic mass is 10.2. The van der Waals surface area contributed by atoms with Crippen molar-refractivity contribution in [1.29, 1.82) is 0 Å². The van der Waals surface area contributed by atoms with Crippen LogP contribution in [0.3, 0.4) is 0 Å². The van der Waals surface area contributed by atoms with E-state index >= 15 is 0 Å². The monoisotopic (exact) mass is 307 g/mol. The maximum absolute atomic E-state index is 8.78. The number of hydrogen-bond acceptors (Lipinski definition) is 4. The molecule has 2 nitrogen and oxygen atoms in total. The largest absolute Gasteiger partial charge is 0.396 e. The van der Waals surface area contributed by atoms with Crippen molar-refractivity contribution in [1.82, 2.24) is 0 Å². The Morgan fingerprint density at radius 2 is 1.95 bits per heavy atom. The molecule has 1 heterocycles. The summed E-state index contributed by atoms with van der Waals surface area (Å²) in [5.74, 6) is 0.966. The van der Waals surface area contributed by atoms with Crippen molar-refractivity contribution < 1.29 is 5.11 Å². The average molecular weight is 307 g/mol. The molecule has 0 fully saturated rings. The van der Waals surface area contributed by atoms with Crippen molar-refractivity contribution in [2.24, 2.45) is 0 Å². The van der Waals surface area contributed by atoms with E-state index in [4.69, 9.17) is 5.11 Å². The maximum Gasteiger partial charge on any atom is 0.0578 e. The van der Waals surface area contributed by atoms with Gasteiger partial charge in [-0.15, -0.1) is 23.1 Å². The summed E-state index contributed by atoms with van der Waals surface area (Å²) >= 11 is 3.63. The molecule has 0 radical (unpaired) electrons. The molecule has 1 aromatic heterocycles. The molecule has 1 atom stereocenters. The zero-order valence-corrected chi connectivity index (χ0v) is 13.6. The molecule has 4 heteroatoms. The van der Waals surface area contributed by atoms with Crippen molar-refractivity contribution >= 4 is 28.8 Å². The summed E-state index contributed by atoms with van der Waals surface area (Å²) in [7, 11) is 0. The molecule has 0 amide bonds. The number of anilines is 1. The summed E-state index contributed by atoms with van der Waals surface area (Å²) in [5, 5.41) is 12.3. The Morgan fingerprint density at radius 3 is 2.55 bits per heavy atom. The first-order chi connectivity index (χ1) is 9.69. The summed E-state index contributed by atoms with van der Waals surface area (Å²) in [6.07, 6.45) is 0.847. The highest BCUT2D eigenvalue weighted by Gasteiger charge is 2.07. The first-order valence-electron chi connectivity index (χ1n) is 6.85. The van der Waals surface area contributed by atoms with Gasteiger partial charge in [0.2, 0.25) is 0 Å². The number of aliphatic hydroxyl groups is 1. The van der Waals surface area contributed by atoms with E-state index in [9.17, 15) is 0 Å². The summed E-state index contributed by atoms with van der Waals surface area (Å²) in [6, 6.07) is 13.2. The van der Waals surface area contributed by atoms with Crippen LogP contribution in [0.4, 0.5) is 5.69 Å². The number of nitrogens with one attached hydrogen (secondary N) is 1. The van der Waals surface area contributed by atoms with Crippen molar-refractivity contribution in [2.45, 2.75) is 31.2 Å². The maximum atomic E-state index is 8.78. The van der Waals surface area contributed by atoms with Gasteiger partial charge in [-0.2, -0.15) is 0 Å². The van der Waals surface area contributed by atoms with E-state index in [0.29, 0.717) is 6.04 Å². The van der Waals surface area contributed by atoms with Crippen LogP contribution >= 0.6 is 23.1 Å². The van der Waals surface area contributed by atoms with Crippen LogP contribution in [-0.4, -0.2) is 17.5 Å². The van der Waals surface area contributed by atoms with Crippen molar-refractivity contribution in [3.8, 4) is 0 Å². The van der Waals surface area contributed by atoms with Gasteiger partial charge >= 0.3 is 0 Å². The molecule has 0 saturated carbocycles. The van der Waals surface area contributed by atoms with Gasteiger partial charge in [-0.05, 0) is 56.7 Å². The van der Waals surface area contributed by atoms with Gasteiger partial charge in [-0.3, -0.25) is 0 Å². The van der Waals surface area contributed by atoms with Gasteiger partial charge in [0.15, 0.2) is 0 Å². The highest BCUT2D eigenvalue weighted by molar-refractivity contribution is 7.99. The number of aryl methyl sites for hydroxylation is 1. The molecule has 0 aliphatic rings. The third-order valence-electron chi connectivity index (χ3n) is 3.00. The normalized spacial score (nSPS) is 12.3. The first kappa shape index (κ1) is 15.4. The van der Waals surface area contributed by atoms with E-state index in [0.717, 1.165) is 17.9 Å². The molecule has 1 aromatic carbocycles. The molecule has 2 N–H and O–H groups in total. The average Bonchev–Trinajstić information content (AvgIpc) is 2.88. The van der Waals surface area contributed by atoms with Gasteiger partial charge in [0.1, 0.15) is 0 Å². The summed E-state index contributed by atoms with van der Waals surface area (Å²) < 4.78 is 0. The Labute approximate surface area is 129 Å². The van der Waals surface area contributed by atoms with E-state index in [2.05, 4.69) is 55.6 Å². The molecule has 0 aliphatic carbocycles. The molecular formula is C16H21NOS2. The van der Waals surface area contributed by atoms with Crippen LogP contribution in [0.15, 0.2) is 41.3 Å². The molecule has 2 rings (SSSR count). The fourth-order valence-electron chi connectivity index (χ4n) is 1.91. The van der Waals surface area contributed by atoms with Gasteiger partial charge in [0.05, 0.1) is 6.04 Å². The number of thioether (sulfide) groups is 1. The highest BCUT2D eigenvalue weighted by Crippen LogP contribution is 2.27. The third-order valence-corrected chi connectivity index (χ3v) is 5.28. The van der Waals surface area contributed by atoms with Crippen LogP contribution in [0.1, 0.15) is 29.1 Å². The number of benzene rings is 1. The van der Waals surface area contributed by atoms with Crippen LogP contribution in [0.25, 0.3) is 0 Å². The van der Waals surface area contributed by atoms with Crippen LogP contribution in [0.5, 0.6) is 0 Å². The number of thiophene rings is 1. The molecule has 2 aromatic rings. The van der Waals surface area contributed by atoms with Crippen molar-refractivity contribution in [3.05, 3.63) is 46.2 Å². The Balaban J connectivity index is 1.90. The smallest absolute Gasteiger partial charge is 0.0578 e. The molecule has 0 aliphatic heterocycles. The Kier molecular flexibility index (Phi) is 5.95. The third kappa shape index (κ3) is 4.54. The highest BCUT2D eigenvalue weighted by atomic mass is 32.2. The molecule has 20 heavy (non-hydrogen) atoms. The van der Waals surface area contributed by atoms with Gasteiger partial charge in [0, 0.05) is 32.7 Å². The standard InChI is InChI=1S/C16H21NOS2/c1-12-4-9-16(20-12)13(2)17-14-5-7-15(8-6-14)19-11-3-10-18/h4-9,13,17-18H,3,10-11H2,1-2H3. The minimum atomic E-state index is 0.268. The lowest BCUT2D eigenvalue weighted by Crippen LogP contribution is -2.04. The van der Waals surface area contributed by atoms with Crippen LogP contribution in [0.2, 0.25) is 0 Å². The fraction of sp³-hybridized carbons (Fsp3) is 0.375. The minimum Gasteiger partial charge on any atom is -0.396 e. The lowest BCUT2D eigenvalue weighted by molar-refractivity contribution is 0.296. The SMILES string of the molecule is Cc1ccc(C(C)Nc2ccc(SCCCO)cc2)s1. The second kappa shape index (κ2) is 7.72. The minimum absolute atomic E-state index is 0.268. The molecule has 0 saturated heterocycles. The number of aliphatic hydroxyl groups excluding tert-OH is 1. The summed E-state index contributed by atoms with van der Waals surface area (Å²) in [5.41, 5.74) is 1.15. The molecule has 108 valence electrons. The van der Waals surface area contributed by atoms with Gasteiger partial charge in [-0.25, -0.2) is 0 Å². The van der Waals surface area contributed by atoms with Crippen LogP contribution in [0, 0.1) is 6.92 Å². The zero-order valence-electron chi connectivity index (χ0n) is 11.9. The quantitative estimate of drug-likeness (QED) is 0.574. The van der Waals surface area contributed by atoms with E-state index in [1.165, 1.54) is 14.6 Å². The zero-order chi connectivity index (χ0) is 14.4. The van der Waals surface area contributed by atoms with Gasteiger partial charge in [-0.1, -0.05) is 0 Å². The first-order valence-corrected chi connectivity index (χ1v) is 8.66. The predicted octanol–water partition coefficient (Wildman–Crippen LogP) is 4.70. The summed E-state index contributed by atoms with van der Waals surface area (Å²) in [4.78, 5) is 3.97. The van der Waals surface area contributed by atoms with Gasteiger partial charge < -0.3 is 10.4 Å². The van der Waals surface area contributed by atoms with E-state index in [1.54, 1.807) is 11.8 Å². The topological polar surface area (TPSA) is 32.3 Å². The van der Waals surface area contributed by atoms with Gasteiger partial charge in [0.25, 0.3) is 0 Å². The Hall–Kier alpha value is -0.970. The Morgan fingerprint density at radius 1 is 1.20 bits per heavy atom. The Bertz CT molecular complexity index is 522. The number of rotatable bonds is 7. The van der Waals surface area contributed by atoms with E-state index in [-0.39, 0.29) is 6.61 Å². The van der Waals surface area contributed by atoms with E-state index < -0.39 is 0 Å².